The second kappa shape index (κ2) is 5.45. The Bertz CT molecular complexity index is 748. The maximum absolute atomic E-state index is 12.4. The molecule has 1 aromatic carbocycles. The molecule has 1 amide bonds. The van der Waals surface area contributed by atoms with E-state index < -0.39 is 6.61 Å². The van der Waals surface area contributed by atoms with Crippen molar-refractivity contribution in [1.29, 1.82) is 0 Å². The molecule has 9 heteroatoms. The van der Waals surface area contributed by atoms with Crippen molar-refractivity contribution in [2.24, 2.45) is 7.05 Å². The Morgan fingerprint density at radius 2 is 2.27 bits per heavy atom. The Labute approximate surface area is 128 Å². The van der Waals surface area contributed by atoms with Gasteiger partial charge < -0.3 is 14.8 Å². The fraction of sp³-hybridized carbons (Fsp3) is 0.231. The van der Waals surface area contributed by atoms with E-state index >= 15 is 0 Å². The summed E-state index contributed by atoms with van der Waals surface area (Å²) < 4.78 is 35.5. The third-order valence-corrected chi connectivity index (χ3v) is 3.37. The fourth-order valence-electron chi connectivity index (χ4n) is 2.11. The minimum Gasteiger partial charge on any atom is -0.482 e. The normalized spacial score (nSPS) is 13.6. The maximum atomic E-state index is 12.4. The second-order valence-electron chi connectivity index (χ2n) is 4.52. The molecule has 0 radical (unpaired) electrons. The van der Waals surface area contributed by atoms with E-state index in [1.807, 2.05) is 0 Å². The number of hydrogen-bond acceptors (Lipinski definition) is 4. The molecule has 0 bridgehead atoms. The number of carbonyl (C=O) groups excluding carboxylic acids is 1. The number of halogens is 3. The van der Waals surface area contributed by atoms with Crippen LogP contribution >= 0.6 is 11.6 Å². The van der Waals surface area contributed by atoms with Crippen LogP contribution in [-0.2, 0) is 11.8 Å². The third-order valence-electron chi connectivity index (χ3n) is 3.03. The number of benzene rings is 1. The van der Waals surface area contributed by atoms with Crippen molar-refractivity contribution >= 4 is 23.2 Å². The zero-order valence-corrected chi connectivity index (χ0v) is 12.0. The zero-order chi connectivity index (χ0) is 15.9. The van der Waals surface area contributed by atoms with E-state index in [1.165, 1.54) is 7.05 Å². The van der Waals surface area contributed by atoms with Gasteiger partial charge in [-0.2, -0.15) is 13.9 Å². The molecule has 116 valence electrons. The van der Waals surface area contributed by atoms with Crippen LogP contribution in [0.25, 0.3) is 11.3 Å². The van der Waals surface area contributed by atoms with Crippen molar-refractivity contribution in [1.82, 2.24) is 9.78 Å². The number of alkyl halides is 2. The van der Waals surface area contributed by atoms with Gasteiger partial charge in [-0.05, 0) is 18.2 Å². The molecular weight excluding hydrogens is 320 g/mol. The number of ether oxygens (including phenoxy) is 2. The molecule has 22 heavy (non-hydrogen) atoms. The molecule has 1 N–H and O–H groups in total. The minimum absolute atomic E-state index is 0.0363. The average molecular weight is 330 g/mol. The van der Waals surface area contributed by atoms with Gasteiger partial charge in [0, 0.05) is 12.6 Å². The van der Waals surface area contributed by atoms with Crippen LogP contribution in [-0.4, -0.2) is 28.9 Å². The van der Waals surface area contributed by atoms with Gasteiger partial charge in [0.05, 0.1) is 5.69 Å². The molecule has 2 heterocycles. The zero-order valence-electron chi connectivity index (χ0n) is 11.3. The Morgan fingerprint density at radius 3 is 3.00 bits per heavy atom. The number of nitrogens with zero attached hydrogens (tertiary/aromatic N) is 2. The molecule has 3 rings (SSSR count). The SMILES string of the molecule is Cn1nc(-c2ccc3c(c2)NC(=O)CO3)c(Cl)c1OC(F)F. The molecule has 1 aliphatic rings. The number of rotatable bonds is 3. The van der Waals surface area contributed by atoms with Crippen LogP contribution in [0.3, 0.4) is 0 Å². The Hall–Kier alpha value is -2.35. The van der Waals surface area contributed by atoms with E-state index in [1.54, 1.807) is 18.2 Å². The summed E-state index contributed by atoms with van der Waals surface area (Å²) in [5, 5.41) is 6.69. The van der Waals surface area contributed by atoms with Gasteiger partial charge in [0.2, 0.25) is 5.88 Å². The van der Waals surface area contributed by atoms with Crippen LogP contribution < -0.4 is 14.8 Å². The molecule has 0 spiro atoms. The highest BCUT2D eigenvalue weighted by molar-refractivity contribution is 6.34. The van der Waals surface area contributed by atoms with E-state index in [4.69, 9.17) is 16.3 Å². The highest BCUT2D eigenvalue weighted by atomic mass is 35.5. The maximum Gasteiger partial charge on any atom is 0.388 e. The summed E-state index contributed by atoms with van der Waals surface area (Å²) in [7, 11) is 1.44. The number of carbonyl (C=O) groups is 1. The first-order valence-electron chi connectivity index (χ1n) is 6.20. The summed E-state index contributed by atoms with van der Waals surface area (Å²) in [6.07, 6.45) is 0. The van der Waals surface area contributed by atoms with E-state index in [2.05, 4.69) is 15.2 Å². The smallest absolute Gasteiger partial charge is 0.388 e. The summed E-state index contributed by atoms with van der Waals surface area (Å²) in [6.45, 7) is -3.06. The van der Waals surface area contributed by atoms with Gasteiger partial charge in [-0.15, -0.1) is 0 Å². The predicted molar refractivity (Wildman–Crippen MR) is 74.4 cm³/mol. The second-order valence-corrected chi connectivity index (χ2v) is 4.90. The number of hydrogen-bond donors (Lipinski definition) is 1. The van der Waals surface area contributed by atoms with Gasteiger partial charge in [-0.25, -0.2) is 4.68 Å². The van der Waals surface area contributed by atoms with Crippen LogP contribution in [0.4, 0.5) is 14.5 Å². The first-order chi connectivity index (χ1) is 10.5. The highest BCUT2D eigenvalue weighted by Gasteiger charge is 2.22. The number of aryl methyl sites for hydroxylation is 1. The van der Waals surface area contributed by atoms with Crippen LogP contribution in [0.1, 0.15) is 0 Å². The summed E-state index contributed by atoms with van der Waals surface area (Å²) in [5.41, 5.74) is 1.27. The molecule has 0 saturated carbocycles. The number of nitrogens with one attached hydrogen (secondary N) is 1. The number of amides is 1. The monoisotopic (exact) mass is 329 g/mol. The van der Waals surface area contributed by atoms with E-state index in [0.717, 1.165) is 4.68 Å². The Balaban J connectivity index is 2.01. The standard InChI is InChI=1S/C13H10ClF2N3O3/c1-19-12(22-13(15)16)10(14)11(18-19)6-2-3-8-7(4-6)17-9(20)5-21-8/h2-4,13H,5H2,1H3,(H,17,20). The van der Waals surface area contributed by atoms with Gasteiger partial charge in [0.25, 0.3) is 5.91 Å². The fourth-order valence-corrected chi connectivity index (χ4v) is 2.42. The van der Waals surface area contributed by atoms with Gasteiger partial charge in [-0.3, -0.25) is 4.79 Å². The van der Waals surface area contributed by atoms with Crippen molar-refractivity contribution in [3.63, 3.8) is 0 Å². The lowest BCUT2D eigenvalue weighted by Crippen LogP contribution is -2.25. The van der Waals surface area contributed by atoms with Crippen LogP contribution in [0, 0.1) is 0 Å². The Kier molecular flexibility index (Phi) is 3.61. The van der Waals surface area contributed by atoms with E-state index in [0.29, 0.717) is 17.0 Å². The lowest BCUT2D eigenvalue weighted by atomic mass is 10.1. The summed E-state index contributed by atoms with van der Waals surface area (Å²) >= 11 is 6.06. The number of aromatic nitrogens is 2. The average Bonchev–Trinajstić information content (AvgIpc) is 2.74. The summed E-state index contributed by atoms with van der Waals surface area (Å²) in [4.78, 5) is 11.3. The van der Waals surface area contributed by atoms with Crippen molar-refractivity contribution in [2.75, 3.05) is 11.9 Å². The van der Waals surface area contributed by atoms with Gasteiger partial charge in [0.15, 0.2) is 6.61 Å². The highest BCUT2D eigenvalue weighted by Crippen LogP contribution is 2.38. The topological polar surface area (TPSA) is 65.4 Å². The molecule has 6 nitrogen and oxygen atoms in total. The molecule has 0 atom stereocenters. The van der Waals surface area contributed by atoms with Crippen LogP contribution in [0.5, 0.6) is 11.6 Å². The van der Waals surface area contributed by atoms with E-state index in [-0.39, 0.29) is 29.1 Å². The van der Waals surface area contributed by atoms with Crippen molar-refractivity contribution in [2.45, 2.75) is 6.61 Å². The van der Waals surface area contributed by atoms with Crippen LogP contribution in [0.15, 0.2) is 18.2 Å². The molecule has 2 aromatic rings. The van der Waals surface area contributed by atoms with Gasteiger partial charge in [-0.1, -0.05) is 11.6 Å². The first kappa shape index (κ1) is 14.6. The quantitative estimate of drug-likeness (QED) is 0.940. The molecule has 0 unspecified atom stereocenters. The number of fused-ring (bicyclic) bond motifs is 1. The predicted octanol–water partition coefficient (Wildman–Crippen LogP) is 2.67. The van der Waals surface area contributed by atoms with Crippen molar-refractivity contribution < 1.29 is 23.0 Å². The van der Waals surface area contributed by atoms with Crippen molar-refractivity contribution in [3.05, 3.63) is 23.2 Å². The number of anilines is 1. The molecule has 0 saturated heterocycles. The molecule has 0 fully saturated rings. The lowest BCUT2D eigenvalue weighted by Gasteiger charge is -2.18. The first-order valence-corrected chi connectivity index (χ1v) is 6.58. The largest absolute Gasteiger partial charge is 0.482 e. The molecular formula is C13H10ClF2N3O3. The van der Waals surface area contributed by atoms with Gasteiger partial charge in [0.1, 0.15) is 16.5 Å². The van der Waals surface area contributed by atoms with Gasteiger partial charge >= 0.3 is 6.61 Å². The van der Waals surface area contributed by atoms with Crippen molar-refractivity contribution in [3.8, 4) is 22.9 Å². The molecule has 0 aliphatic carbocycles. The third kappa shape index (κ3) is 2.57. The minimum atomic E-state index is -3.00. The molecule has 1 aliphatic heterocycles. The summed E-state index contributed by atoms with van der Waals surface area (Å²) in [6, 6.07) is 4.91. The van der Waals surface area contributed by atoms with E-state index in [9.17, 15) is 13.6 Å². The summed E-state index contributed by atoms with van der Waals surface area (Å²) in [5.74, 6) is 0.00243. The Morgan fingerprint density at radius 1 is 1.50 bits per heavy atom. The molecule has 1 aromatic heterocycles. The van der Waals surface area contributed by atoms with Crippen LogP contribution in [0.2, 0.25) is 5.02 Å². The lowest BCUT2D eigenvalue weighted by molar-refractivity contribution is -0.118.